The summed E-state index contributed by atoms with van der Waals surface area (Å²) in [5.74, 6) is -0.00342. The lowest BCUT2D eigenvalue weighted by molar-refractivity contribution is -0.118. The quantitative estimate of drug-likeness (QED) is 0.613. The van der Waals surface area contributed by atoms with E-state index >= 15 is 0 Å². The number of rotatable bonds is 6. The molecule has 0 bridgehead atoms. The Kier molecular flexibility index (Phi) is 6.24. The van der Waals surface area contributed by atoms with Crippen LogP contribution in [-0.4, -0.2) is 20.9 Å². The molecular formula is C25H23N3O3S. The number of hydrogen-bond donors (Lipinski definition) is 1. The van der Waals surface area contributed by atoms with Crippen LogP contribution in [0.2, 0.25) is 0 Å². The molecule has 0 spiro atoms. The van der Waals surface area contributed by atoms with Crippen LogP contribution in [0.25, 0.3) is 0 Å². The molecule has 0 saturated heterocycles. The number of amides is 1. The minimum Gasteiger partial charge on any atom is -0.312 e. The number of benzene rings is 3. The molecule has 1 amide bonds. The first-order valence-corrected chi connectivity index (χ1v) is 12.0. The van der Waals surface area contributed by atoms with Gasteiger partial charge in [0.15, 0.2) is 0 Å². The summed E-state index contributed by atoms with van der Waals surface area (Å²) >= 11 is 0. The standard InChI is InChI=1S/C25H23N3O3S/c26-18-21-8-5-4-7-19(21)12-15-25(29)28-16-6-9-20-17-22(13-14-24(20)28)27-32(30,31)23-10-2-1-3-11-23/h1-5,7-8,10-11,13-14,17,27H,6,9,12,15-16H2. The predicted octanol–water partition coefficient (Wildman–Crippen LogP) is 4.27. The summed E-state index contributed by atoms with van der Waals surface area (Å²) < 4.78 is 27.9. The lowest BCUT2D eigenvalue weighted by atomic mass is 9.99. The van der Waals surface area contributed by atoms with Crippen LogP contribution in [-0.2, 0) is 27.7 Å². The van der Waals surface area contributed by atoms with Crippen LogP contribution in [0.3, 0.4) is 0 Å². The van der Waals surface area contributed by atoms with Gasteiger partial charge in [0.05, 0.1) is 16.5 Å². The summed E-state index contributed by atoms with van der Waals surface area (Å²) in [6, 6.07) is 23.0. The van der Waals surface area contributed by atoms with Crippen LogP contribution in [0.4, 0.5) is 11.4 Å². The molecule has 1 heterocycles. The number of sulfonamides is 1. The van der Waals surface area contributed by atoms with Gasteiger partial charge in [-0.1, -0.05) is 36.4 Å². The summed E-state index contributed by atoms with van der Waals surface area (Å²) in [5, 5.41) is 9.25. The second-order valence-electron chi connectivity index (χ2n) is 7.68. The molecule has 1 N–H and O–H groups in total. The van der Waals surface area contributed by atoms with Gasteiger partial charge in [0.25, 0.3) is 10.0 Å². The van der Waals surface area contributed by atoms with E-state index in [0.717, 1.165) is 29.7 Å². The van der Waals surface area contributed by atoms with Crippen molar-refractivity contribution < 1.29 is 13.2 Å². The topological polar surface area (TPSA) is 90.3 Å². The monoisotopic (exact) mass is 445 g/mol. The molecule has 1 aliphatic heterocycles. The van der Waals surface area contributed by atoms with Crippen molar-refractivity contribution in [1.29, 1.82) is 5.26 Å². The summed E-state index contributed by atoms with van der Waals surface area (Å²) in [6.07, 6.45) is 2.39. The molecule has 32 heavy (non-hydrogen) atoms. The van der Waals surface area contributed by atoms with Gasteiger partial charge in [-0.3, -0.25) is 9.52 Å². The molecule has 4 rings (SSSR count). The molecular weight excluding hydrogens is 422 g/mol. The Morgan fingerprint density at radius 2 is 1.78 bits per heavy atom. The van der Waals surface area contributed by atoms with Gasteiger partial charge in [0.1, 0.15) is 0 Å². The number of hydrogen-bond acceptors (Lipinski definition) is 4. The van der Waals surface area contributed by atoms with Gasteiger partial charge in [-0.2, -0.15) is 5.26 Å². The van der Waals surface area contributed by atoms with Gasteiger partial charge in [0, 0.05) is 24.3 Å². The van der Waals surface area contributed by atoms with E-state index in [1.165, 1.54) is 0 Å². The summed E-state index contributed by atoms with van der Waals surface area (Å²) in [6.45, 7) is 0.626. The van der Waals surface area contributed by atoms with Gasteiger partial charge in [-0.25, -0.2) is 8.42 Å². The minimum atomic E-state index is -3.67. The van der Waals surface area contributed by atoms with E-state index in [0.29, 0.717) is 30.6 Å². The van der Waals surface area contributed by atoms with Gasteiger partial charge < -0.3 is 4.90 Å². The molecule has 7 heteroatoms. The van der Waals surface area contributed by atoms with Crippen molar-refractivity contribution in [2.24, 2.45) is 0 Å². The predicted molar refractivity (Wildman–Crippen MR) is 124 cm³/mol. The highest BCUT2D eigenvalue weighted by molar-refractivity contribution is 7.92. The molecule has 0 atom stereocenters. The average molecular weight is 446 g/mol. The molecule has 3 aromatic carbocycles. The second-order valence-corrected chi connectivity index (χ2v) is 9.36. The van der Waals surface area contributed by atoms with Crippen molar-refractivity contribution in [3.63, 3.8) is 0 Å². The van der Waals surface area contributed by atoms with E-state index in [1.807, 2.05) is 18.2 Å². The van der Waals surface area contributed by atoms with Crippen LogP contribution < -0.4 is 9.62 Å². The third-order valence-electron chi connectivity index (χ3n) is 5.55. The van der Waals surface area contributed by atoms with E-state index in [4.69, 9.17) is 0 Å². The molecule has 0 fully saturated rings. The van der Waals surface area contributed by atoms with E-state index < -0.39 is 10.0 Å². The maximum atomic E-state index is 13.0. The number of fused-ring (bicyclic) bond motifs is 1. The Balaban J connectivity index is 1.49. The third kappa shape index (κ3) is 4.66. The zero-order chi connectivity index (χ0) is 22.6. The number of nitriles is 1. The summed E-state index contributed by atoms with van der Waals surface area (Å²) in [4.78, 5) is 14.9. The van der Waals surface area contributed by atoms with Crippen molar-refractivity contribution in [2.75, 3.05) is 16.2 Å². The number of carbonyl (C=O) groups is 1. The Hall–Kier alpha value is -3.63. The first-order valence-electron chi connectivity index (χ1n) is 10.5. The fourth-order valence-corrected chi connectivity index (χ4v) is 5.03. The maximum absolute atomic E-state index is 13.0. The molecule has 3 aromatic rings. The molecule has 6 nitrogen and oxygen atoms in total. The number of nitrogens with zero attached hydrogens (tertiary/aromatic N) is 2. The van der Waals surface area contributed by atoms with Gasteiger partial charge in [-0.05, 0) is 66.8 Å². The Bertz CT molecular complexity index is 1280. The molecule has 0 saturated carbocycles. The van der Waals surface area contributed by atoms with E-state index in [9.17, 15) is 18.5 Å². The van der Waals surface area contributed by atoms with Crippen LogP contribution in [0, 0.1) is 11.3 Å². The molecule has 0 aliphatic carbocycles. The zero-order valence-corrected chi connectivity index (χ0v) is 18.3. The molecule has 1 aliphatic rings. The minimum absolute atomic E-state index is 0.00342. The zero-order valence-electron chi connectivity index (χ0n) is 17.5. The van der Waals surface area contributed by atoms with Crippen molar-refractivity contribution in [2.45, 2.75) is 30.6 Å². The van der Waals surface area contributed by atoms with Gasteiger partial charge >= 0.3 is 0 Å². The van der Waals surface area contributed by atoms with Crippen molar-refractivity contribution in [3.8, 4) is 6.07 Å². The second kappa shape index (κ2) is 9.25. The van der Waals surface area contributed by atoms with Crippen molar-refractivity contribution in [1.82, 2.24) is 0 Å². The van der Waals surface area contributed by atoms with Crippen LogP contribution in [0.1, 0.15) is 29.5 Å². The summed E-state index contributed by atoms with van der Waals surface area (Å²) in [5.41, 5.74) is 3.69. The summed E-state index contributed by atoms with van der Waals surface area (Å²) in [7, 11) is -3.67. The average Bonchev–Trinajstić information content (AvgIpc) is 2.82. The van der Waals surface area contributed by atoms with Crippen molar-refractivity contribution in [3.05, 3.63) is 89.5 Å². The van der Waals surface area contributed by atoms with Gasteiger partial charge in [0.2, 0.25) is 5.91 Å². The third-order valence-corrected chi connectivity index (χ3v) is 6.95. The highest BCUT2D eigenvalue weighted by atomic mass is 32.2. The Morgan fingerprint density at radius 3 is 2.56 bits per heavy atom. The first kappa shape index (κ1) is 21.6. The largest absolute Gasteiger partial charge is 0.312 e. The Labute approximate surface area is 188 Å². The molecule has 162 valence electrons. The number of anilines is 2. The van der Waals surface area contributed by atoms with E-state index in [2.05, 4.69) is 10.8 Å². The fourth-order valence-electron chi connectivity index (χ4n) is 3.96. The SMILES string of the molecule is N#Cc1ccccc1CCC(=O)N1CCCc2cc(NS(=O)(=O)c3ccccc3)ccc21. The first-order chi connectivity index (χ1) is 15.5. The van der Waals surface area contributed by atoms with Gasteiger partial charge in [-0.15, -0.1) is 0 Å². The van der Waals surface area contributed by atoms with Crippen molar-refractivity contribution >= 4 is 27.3 Å². The number of nitrogens with one attached hydrogen (secondary N) is 1. The normalized spacial score (nSPS) is 13.2. The smallest absolute Gasteiger partial charge is 0.261 e. The number of aryl methyl sites for hydroxylation is 2. The number of carbonyl (C=O) groups excluding carboxylic acids is 1. The van der Waals surface area contributed by atoms with E-state index in [-0.39, 0.29) is 10.8 Å². The maximum Gasteiger partial charge on any atom is 0.261 e. The van der Waals surface area contributed by atoms with E-state index in [1.54, 1.807) is 59.5 Å². The lowest BCUT2D eigenvalue weighted by Gasteiger charge is -2.30. The fraction of sp³-hybridized carbons (Fsp3) is 0.200. The molecule has 0 aromatic heterocycles. The lowest BCUT2D eigenvalue weighted by Crippen LogP contribution is -2.35. The molecule has 0 unspecified atom stereocenters. The highest BCUT2D eigenvalue weighted by Crippen LogP contribution is 2.31. The van der Waals surface area contributed by atoms with Crippen LogP contribution in [0.5, 0.6) is 0 Å². The van der Waals surface area contributed by atoms with Crippen LogP contribution in [0.15, 0.2) is 77.7 Å². The Morgan fingerprint density at radius 1 is 1.03 bits per heavy atom. The van der Waals surface area contributed by atoms with Crippen LogP contribution >= 0.6 is 0 Å². The molecule has 0 radical (unpaired) electrons. The highest BCUT2D eigenvalue weighted by Gasteiger charge is 2.23.